The Hall–Kier alpha value is -1.75. The number of aliphatic hydroxyl groups excluding tert-OH is 2. The first-order valence-electron chi connectivity index (χ1n) is 8.94. The SMILES string of the molecule is Cc1cc(F)ccc1C(O)CN1CCC(C(O)c2ccccc2)CC1. The van der Waals surface area contributed by atoms with Crippen LogP contribution in [-0.2, 0) is 0 Å². The maximum absolute atomic E-state index is 13.2. The van der Waals surface area contributed by atoms with Crippen molar-refractivity contribution in [1.29, 1.82) is 0 Å². The Kier molecular flexibility index (Phi) is 5.84. The Morgan fingerprint density at radius 3 is 2.40 bits per heavy atom. The number of halogens is 1. The van der Waals surface area contributed by atoms with E-state index >= 15 is 0 Å². The highest BCUT2D eigenvalue weighted by molar-refractivity contribution is 5.28. The minimum atomic E-state index is -0.615. The largest absolute Gasteiger partial charge is 0.388 e. The summed E-state index contributed by atoms with van der Waals surface area (Å²) in [5.74, 6) is -0.0208. The molecule has 0 aliphatic carbocycles. The summed E-state index contributed by atoms with van der Waals surface area (Å²) >= 11 is 0. The highest BCUT2D eigenvalue weighted by atomic mass is 19.1. The summed E-state index contributed by atoms with van der Waals surface area (Å²) < 4.78 is 13.2. The van der Waals surface area contributed by atoms with Gasteiger partial charge in [0.05, 0.1) is 12.2 Å². The molecule has 134 valence electrons. The van der Waals surface area contributed by atoms with E-state index in [1.54, 1.807) is 6.07 Å². The summed E-state index contributed by atoms with van der Waals surface area (Å²) in [7, 11) is 0. The van der Waals surface area contributed by atoms with Gasteiger partial charge in [0.25, 0.3) is 0 Å². The van der Waals surface area contributed by atoms with E-state index in [0.29, 0.717) is 6.54 Å². The predicted octanol–water partition coefficient (Wildman–Crippen LogP) is 3.61. The Labute approximate surface area is 148 Å². The average Bonchev–Trinajstić information content (AvgIpc) is 2.62. The van der Waals surface area contributed by atoms with E-state index in [0.717, 1.165) is 42.6 Å². The molecule has 0 aromatic heterocycles. The van der Waals surface area contributed by atoms with Crippen LogP contribution < -0.4 is 0 Å². The summed E-state index contributed by atoms with van der Waals surface area (Å²) in [5.41, 5.74) is 2.54. The van der Waals surface area contributed by atoms with Gasteiger partial charge in [0.15, 0.2) is 0 Å². The minimum Gasteiger partial charge on any atom is -0.388 e. The molecule has 1 fully saturated rings. The second kappa shape index (κ2) is 8.09. The van der Waals surface area contributed by atoms with Crippen LogP contribution in [0.15, 0.2) is 48.5 Å². The number of aliphatic hydroxyl groups is 2. The van der Waals surface area contributed by atoms with Crippen LogP contribution in [-0.4, -0.2) is 34.7 Å². The average molecular weight is 343 g/mol. The first-order valence-corrected chi connectivity index (χ1v) is 8.94. The summed E-state index contributed by atoms with van der Waals surface area (Å²) in [6.07, 6.45) is 0.778. The zero-order chi connectivity index (χ0) is 17.8. The molecule has 0 spiro atoms. The lowest BCUT2D eigenvalue weighted by molar-refractivity contribution is 0.0397. The molecule has 2 atom stereocenters. The highest BCUT2D eigenvalue weighted by Crippen LogP contribution is 2.31. The van der Waals surface area contributed by atoms with Crippen LogP contribution in [0.1, 0.15) is 41.7 Å². The molecule has 2 aromatic carbocycles. The molecule has 0 radical (unpaired) electrons. The molecule has 3 nitrogen and oxygen atoms in total. The van der Waals surface area contributed by atoms with Crippen molar-refractivity contribution in [1.82, 2.24) is 4.90 Å². The lowest BCUT2D eigenvalue weighted by Gasteiger charge is -2.35. The molecular weight excluding hydrogens is 317 g/mol. The van der Waals surface area contributed by atoms with Gasteiger partial charge in [-0.3, -0.25) is 0 Å². The van der Waals surface area contributed by atoms with Crippen molar-refractivity contribution in [3.8, 4) is 0 Å². The topological polar surface area (TPSA) is 43.7 Å². The van der Waals surface area contributed by atoms with Gasteiger partial charge < -0.3 is 15.1 Å². The van der Waals surface area contributed by atoms with Gasteiger partial charge in [-0.05, 0) is 67.6 Å². The molecule has 0 saturated carbocycles. The lowest BCUT2D eigenvalue weighted by atomic mass is 9.87. The second-order valence-corrected chi connectivity index (χ2v) is 7.01. The number of likely N-dealkylation sites (tertiary alicyclic amines) is 1. The number of piperidine rings is 1. The van der Waals surface area contributed by atoms with E-state index in [1.807, 2.05) is 37.3 Å². The van der Waals surface area contributed by atoms with E-state index in [9.17, 15) is 14.6 Å². The number of β-amino-alcohol motifs (C(OH)–C–C–N with tert-alkyl or cyclic N) is 1. The highest BCUT2D eigenvalue weighted by Gasteiger charge is 2.27. The quantitative estimate of drug-likeness (QED) is 0.872. The fourth-order valence-corrected chi connectivity index (χ4v) is 3.73. The van der Waals surface area contributed by atoms with E-state index in [-0.39, 0.29) is 11.7 Å². The smallest absolute Gasteiger partial charge is 0.123 e. The Bertz CT molecular complexity index is 684. The van der Waals surface area contributed by atoms with Crippen molar-refractivity contribution in [3.63, 3.8) is 0 Å². The van der Waals surface area contributed by atoms with Crippen LogP contribution in [0.5, 0.6) is 0 Å². The van der Waals surface area contributed by atoms with Crippen molar-refractivity contribution in [2.24, 2.45) is 5.92 Å². The van der Waals surface area contributed by atoms with Crippen LogP contribution in [0.2, 0.25) is 0 Å². The molecule has 3 rings (SSSR count). The molecule has 0 amide bonds. The summed E-state index contributed by atoms with van der Waals surface area (Å²) in [4.78, 5) is 2.22. The van der Waals surface area contributed by atoms with E-state index in [2.05, 4.69) is 4.90 Å². The minimum absolute atomic E-state index is 0.253. The molecule has 1 saturated heterocycles. The second-order valence-electron chi connectivity index (χ2n) is 7.01. The molecule has 1 heterocycles. The number of hydrogen-bond acceptors (Lipinski definition) is 3. The number of aryl methyl sites for hydroxylation is 1. The predicted molar refractivity (Wildman–Crippen MR) is 96.7 cm³/mol. The molecule has 1 aliphatic rings. The Morgan fingerprint density at radius 2 is 1.76 bits per heavy atom. The summed E-state index contributed by atoms with van der Waals surface area (Å²) in [5, 5.41) is 21.0. The van der Waals surface area contributed by atoms with Crippen LogP contribution in [0, 0.1) is 18.7 Å². The number of rotatable bonds is 5. The zero-order valence-electron chi connectivity index (χ0n) is 14.6. The van der Waals surface area contributed by atoms with Gasteiger partial charge in [-0.1, -0.05) is 36.4 Å². The first kappa shape index (κ1) is 18.1. The Morgan fingerprint density at radius 1 is 1.08 bits per heavy atom. The van der Waals surface area contributed by atoms with Gasteiger partial charge in [0, 0.05) is 6.54 Å². The van der Waals surface area contributed by atoms with Gasteiger partial charge in [-0.25, -0.2) is 4.39 Å². The zero-order valence-corrected chi connectivity index (χ0v) is 14.6. The molecule has 2 aromatic rings. The van der Waals surface area contributed by atoms with E-state index < -0.39 is 12.2 Å². The maximum Gasteiger partial charge on any atom is 0.123 e. The third kappa shape index (κ3) is 4.46. The molecule has 2 N–H and O–H groups in total. The summed E-state index contributed by atoms with van der Waals surface area (Å²) in [6.45, 7) is 4.07. The van der Waals surface area contributed by atoms with Gasteiger partial charge in [-0.15, -0.1) is 0 Å². The first-order chi connectivity index (χ1) is 12.0. The molecule has 25 heavy (non-hydrogen) atoms. The number of benzene rings is 2. The van der Waals surface area contributed by atoms with Gasteiger partial charge >= 0.3 is 0 Å². The third-order valence-corrected chi connectivity index (χ3v) is 5.24. The monoisotopic (exact) mass is 343 g/mol. The van der Waals surface area contributed by atoms with Gasteiger partial charge in [0.2, 0.25) is 0 Å². The number of nitrogens with zero attached hydrogens (tertiary/aromatic N) is 1. The summed E-state index contributed by atoms with van der Waals surface area (Å²) in [6, 6.07) is 14.3. The molecule has 2 unspecified atom stereocenters. The van der Waals surface area contributed by atoms with Crippen molar-refractivity contribution in [3.05, 3.63) is 71.0 Å². The lowest BCUT2D eigenvalue weighted by Crippen LogP contribution is -2.38. The fraction of sp³-hybridized carbons (Fsp3) is 0.429. The van der Waals surface area contributed by atoms with Crippen molar-refractivity contribution in [2.75, 3.05) is 19.6 Å². The van der Waals surface area contributed by atoms with Crippen molar-refractivity contribution >= 4 is 0 Å². The van der Waals surface area contributed by atoms with Crippen LogP contribution in [0.4, 0.5) is 4.39 Å². The van der Waals surface area contributed by atoms with Crippen molar-refractivity contribution < 1.29 is 14.6 Å². The Balaban J connectivity index is 1.54. The van der Waals surface area contributed by atoms with E-state index in [4.69, 9.17) is 0 Å². The fourth-order valence-electron chi connectivity index (χ4n) is 3.73. The third-order valence-electron chi connectivity index (χ3n) is 5.24. The molecule has 1 aliphatic heterocycles. The van der Waals surface area contributed by atoms with Gasteiger partial charge in [0.1, 0.15) is 5.82 Å². The standard InChI is InChI=1S/C21H26FNO2/c1-15-13-18(22)7-8-19(15)20(24)14-23-11-9-17(10-12-23)21(25)16-5-3-2-4-6-16/h2-8,13,17,20-21,24-25H,9-12,14H2,1H3. The van der Waals surface area contributed by atoms with Crippen LogP contribution in [0.25, 0.3) is 0 Å². The van der Waals surface area contributed by atoms with Crippen LogP contribution in [0.3, 0.4) is 0 Å². The van der Waals surface area contributed by atoms with Crippen LogP contribution >= 0.6 is 0 Å². The molecular formula is C21H26FNO2. The molecule has 0 bridgehead atoms. The molecule has 4 heteroatoms. The van der Waals surface area contributed by atoms with Crippen molar-refractivity contribution in [2.45, 2.75) is 32.0 Å². The normalized spacial score (nSPS) is 18.9. The maximum atomic E-state index is 13.2. The van der Waals surface area contributed by atoms with Gasteiger partial charge in [-0.2, -0.15) is 0 Å². The number of hydrogen-bond donors (Lipinski definition) is 2. The van der Waals surface area contributed by atoms with E-state index in [1.165, 1.54) is 12.1 Å².